The molecule has 1 saturated carbocycles. The maximum absolute atomic E-state index is 14.0. The van der Waals surface area contributed by atoms with Crippen LogP contribution in [-0.4, -0.2) is 65.8 Å². The van der Waals surface area contributed by atoms with E-state index < -0.39 is 20.2 Å². The molecule has 1 saturated heterocycles. The first-order valence-corrected chi connectivity index (χ1v) is 18.3. The van der Waals surface area contributed by atoms with E-state index in [1.807, 2.05) is 0 Å². The van der Waals surface area contributed by atoms with Crippen molar-refractivity contribution in [2.45, 2.75) is 25.3 Å². The third kappa shape index (κ3) is 6.87. The van der Waals surface area contributed by atoms with E-state index in [1.165, 1.54) is 48.8 Å². The Hall–Kier alpha value is -3.45. The SMILES string of the molecule is CS(=O)(=O)Oc1ccc(-c2sc3cc(OS(C)(=O)=O)ccc3c2C(=O)c2ccc(OCCN3CC4CCC3C4)cc2)cc1. The van der Waals surface area contributed by atoms with Crippen molar-refractivity contribution in [1.29, 1.82) is 0 Å². The Kier molecular flexibility index (Phi) is 7.97. The largest absolute Gasteiger partial charge is 0.492 e. The highest BCUT2D eigenvalue weighted by Gasteiger charge is 2.37. The molecule has 2 unspecified atom stereocenters. The van der Waals surface area contributed by atoms with E-state index in [0.717, 1.165) is 31.5 Å². The summed E-state index contributed by atoms with van der Waals surface area (Å²) in [4.78, 5) is 17.1. The second-order valence-corrected chi connectivity index (χ2v) is 15.3. The highest BCUT2D eigenvalue weighted by Crippen LogP contribution is 2.42. The van der Waals surface area contributed by atoms with Crippen LogP contribution in [-0.2, 0) is 20.2 Å². The molecule has 6 rings (SSSR count). The molecule has 9 nitrogen and oxygen atoms in total. The average molecular weight is 642 g/mol. The van der Waals surface area contributed by atoms with Crippen LogP contribution in [0.5, 0.6) is 17.2 Å². The molecule has 12 heteroatoms. The zero-order chi connectivity index (χ0) is 30.4. The number of carbonyl (C=O) groups excluding carboxylic acids is 1. The number of nitrogens with zero attached hydrogens (tertiary/aromatic N) is 1. The van der Waals surface area contributed by atoms with Crippen molar-refractivity contribution in [2.24, 2.45) is 5.92 Å². The highest BCUT2D eigenvalue weighted by molar-refractivity contribution is 7.86. The van der Waals surface area contributed by atoms with E-state index in [1.54, 1.807) is 48.5 Å². The first-order chi connectivity index (χ1) is 20.4. The Morgan fingerprint density at radius 3 is 2.14 bits per heavy atom. The van der Waals surface area contributed by atoms with Crippen LogP contribution in [0.4, 0.5) is 0 Å². The second kappa shape index (κ2) is 11.6. The van der Waals surface area contributed by atoms with E-state index in [9.17, 15) is 21.6 Å². The van der Waals surface area contributed by atoms with Crippen LogP contribution < -0.4 is 13.1 Å². The van der Waals surface area contributed by atoms with Crippen LogP contribution in [0, 0.1) is 5.92 Å². The number of likely N-dealkylation sites (tertiary alicyclic amines) is 1. The van der Waals surface area contributed by atoms with Crippen LogP contribution in [0.15, 0.2) is 66.7 Å². The van der Waals surface area contributed by atoms with Crippen LogP contribution in [0.1, 0.15) is 35.2 Å². The average Bonchev–Trinajstić information content (AvgIpc) is 3.66. The number of hydrogen-bond acceptors (Lipinski definition) is 10. The van der Waals surface area contributed by atoms with Gasteiger partial charge in [-0.25, -0.2) is 0 Å². The summed E-state index contributed by atoms with van der Waals surface area (Å²) in [6.45, 7) is 2.64. The van der Waals surface area contributed by atoms with Crippen LogP contribution >= 0.6 is 11.3 Å². The molecular weight excluding hydrogens is 611 g/mol. The lowest BCUT2D eigenvalue weighted by atomic mass is 9.97. The van der Waals surface area contributed by atoms with E-state index in [0.29, 0.717) is 50.1 Å². The third-order valence-electron chi connectivity index (χ3n) is 7.79. The van der Waals surface area contributed by atoms with Gasteiger partial charge in [-0.05, 0) is 97.5 Å². The summed E-state index contributed by atoms with van der Waals surface area (Å²) in [6, 6.07) is 19.0. The molecule has 4 aromatic rings. The predicted octanol–water partition coefficient (Wildman–Crippen LogP) is 5.34. The van der Waals surface area contributed by atoms with Crippen molar-refractivity contribution < 1.29 is 34.7 Å². The molecule has 2 aliphatic rings. The Morgan fingerprint density at radius 2 is 1.51 bits per heavy atom. The van der Waals surface area contributed by atoms with E-state index in [4.69, 9.17) is 13.1 Å². The minimum Gasteiger partial charge on any atom is -0.492 e. The summed E-state index contributed by atoms with van der Waals surface area (Å²) < 4.78 is 63.2. The molecular formula is C31H31NO8S3. The predicted molar refractivity (Wildman–Crippen MR) is 166 cm³/mol. The topological polar surface area (TPSA) is 116 Å². The van der Waals surface area contributed by atoms with Gasteiger partial charge in [-0.3, -0.25) is 9.69 Å². The number of benzene rings is 3. The van der Waals surface area contributed by atoms with Gasteiger partial charge in [0.1, 0.15) is 23.9 Å². The molecule has 1 aliphatic heterocycles. The molecule has 1 aliphatic carbocycles. The molecule has 2 fully saturated rings. The molecule has 0 radical (unpaired) electrons. The van der Waals surface area contributed by atoms with Gasteiger partial charge in [0.2, 0.25) is 0 Å². The molecule has 2 atom stereocenters. The summed E-state index contributed by atoms with van der Waals surface area (Å²) in [6.07, 6.45) is 5.87. The number of fused-ring (bicyclic) bond motifs is 3. The van der Waals surface area contributed by atoms with Gasteiger partial charge in [-0.15, -0.1) is 11.3 Å². The van der Waals surface area contributed by atoms with Crippen molar-refractivity contribution in [2.75, 3.05) is 32.2 Å². The van der Waals surface area contributed by atoms with E-state index >= 15 is 0 Å². The lowest BCUT2D eigenvalue weighted by molar-refractivity contribution is 0.104. The molecule has 2 bridgehead atoms. The van der Waals surface area contributed by atoms with Crippen molar-refractivity contribution in [3.05, 3.63) is 77.9 Å². The summed E-state index contributed by atoms with van der Waals surface area (Å²) >= 11 is 1.31. The van der Waals surface area contributed by atoms with Crippen LogP contribution in [0.25, 0.3) is 20.5 Å². The molecule has 0 amide bonds. The van der Waals surface area contributed by atoms with Gasteiger partial charge < -0.3 is 13.1 Å². The van der Waals surface area contributed by atoms with E-state index in [2.05, 4.69) is 4.90 Å². The molecule has 2 heterocycles. The number of piperidine rings is 1. The monoisotopic (exact) mass is 641 g/mol. The minimum absolute atomic E-state index is 0.141. The maximum atomic E-state index is 14.0. The minimum atomic E-state index is -3.74. The Balaban J connectivity index is 1.27. The molecule has 0 spiro atoms. The van der Waals surface area contributed by atoms with Gasteiger partial charge in [0.05, 0.1) is 12.5 Å². The summed E-state index contributed by atoms with van der Waals surface area (Å²) in [5.41, 5.74) is 1.59. The van der Waals surface area contributed by atoms with Gasteiger partial charge in [-0.2, -0.15) is 16.8 Å². The van der Waals surface area contributed by atoms with Gasteiger partial charge in [0.15, 0.2) is 5.78 Å². The van der Waals surface area contributed by atoms with Gasteiger partial charge >= 0.3 is 20.2 Å². The third-order valence-corrected chi connectivity index (χ3v) is 9.98. The summed E-state index contributed by atoms with van der Waals surface area (Å²) in [5.74, 6) is 1.61. The Morgan fingerprint density at radius 1 is 0.860 bits per heavy atom. The van der Waals surface area contributed by atoms with Crippen molar-refractivity contribution in [3.63, 3.8) is 0 Å². The second-order valence-electron chi connectivity index (χ2n) is 11.1. The lowest BCUT2D eigenvalue weighted by Gasteiger charge is -2.26. The van der Waals surface area contributed by atoms with Crippen LogP contribution in [0.3, 0.4) is 0 Å². The smallest absolute Gasteiger partial charge is 0.306 e. The number of ether oxygens (including phenoxy) is 1. The maximum Gasteiger partial charge on any atom is 0.306 e. The standard InChI is InChI=1S/C31H31NO8S3/c1-42(34,35)39-25-11-6-22(7-12-25)31-29(27-14-13-26(18-28(27)41-31)40-43(2,36)37)30(33)21-4-9-24(10-5-21)38-16-15-32-19-20-3-8-23(32)17-20/h4-7,9-14,18,20,23H,3,8,15-17,19H2,1-2H3. The molecule has 1 aromatic heterocycles. The molecule has 3 aromatic carbocycles. The Bertz CT molecular complexity index is 1880. The van der Waals surface area contributed by atoms with Gasteiger partial charge in [-0.1, -0.05) is 0 Å². The van der Waals surface area contributed by atoms with E-state index in [-0.39, 0.29) is 17.3 Å². The molecule has 226 valence electrons. The summed E-state index contributed by atoms with van der Waals surface area (Å²) in [5, 5.41) is 0.641. The number of rotatable bonds is 11. The number of thiophene rings is 1. The number of carbonyl (C=O) groups is 1. The number of hydrogen-bond donors (Lipinski definition) is 0. The quantitative estimate of drug-likeness (QED) is 0.158. The first-order valence-electron chi connectivity index (χ1n) is 13.9. The van der Waals surface area contributed by atoms with Crippen molar-refractivity contribution in [1.82, 2.24) is 4.90 Å². The normalized spacial score (nSPS) is 18.7. The zero-order valence-electron chi connectivity index (χ0n) is 23.7. The highest BCUT2D eigenvalue weighted by atomic mass is 32.2. The first kappa shape index (κ1) is 29.6. The fraction of sp³-hybridized carbons (Fsp3) is 0.323. The number of ketones is 1. The molecule has 0 N–H and O–H groups in total. The fourth-order valence-electron chi connectivity index (χ4n) is 6.00. The zero-order valence-corrected chi connectivity index (χ0v) is 26.1. The lowest BCUT2D eigenvalue weighted by Crippen LogP contribution is -2.35. The van der Waals surface area contributed by atoms with Crippen molar-refractivity contribution in [3.8, 4) is 27.7 Å². The van der Waals surface area contributed by atoms with Crippen LogP contribution in [0.2, 0.25) is 0 Å². The van der Waals surface area contributed by atoms with Gasteiger partial charge in [0.25, 0.3) is 0 Å². The van der Waals surface area contributed by atoms with Gasteiger partial charge in [0, 0.05) is 45.2 Å². The summed E-state index contributed by atoms with van der Waals surface area (Å²) in [7, 11) is -7.43. The fourth-order valence-corrected chi connectivity index (χ4v) is 8.14. The molecule has 43 heavy (non-hydrogen) atoms. The van der Waals surface area contributed by atoms with Crippen molar-refractivity contribution >= 4 is 47.4 Å². The Labute approximate surface area is 255 Å².